The van der Waals surface area contributed by atoms with Gasteiger partial charge in [0, 0.05) is 12.8 Å². The first-order chi connectivity index (χ1) is 30.3. The number of unbranched alkanes of at least 4 members (excludes halogenated alkanes) is 12. The molecule has 0 saturated heterocycles. The molecule has 2 unspecified atom stereocenters. The number of hydrogen-bond acceptors (Lipinski definition) is 6. The third-order valence-corrected chi connectivity index (χ3v) is 10.1. The van der Waals surface area contributed by atoms with Crippen LogP contribution in [-0.2, 0) is 23.9 Å². The minimum Gasteiger partial charge on any atom is -0.480 e. The molecule has 0 aromatic rings. The minimum absolute atomic E-state index is 0.0876. The Bertz CT molecular complexity index is 1360. The lowest BCUT2D eigenvalue weighted by molar-refractivity contribution is -0.150. The third kappa shape index (κ3) is 42.5. The summed E-state index contributed by atoms with van der Waals surface area (Å²) in [5.74, 6) is -2.39. The van der Waals surface area contributed by atoms with Gasteiger partial charge >= 0.3 is 11.9 Å². The molecule has 2 amide bonds. The van der Waals surface area contributed by atoms with Crippen LogP contribution in [0.1, 0.15) is 187 Å². The Balaban J connectivity index is 4.47. The molecular formula is C53H86N2O7. The molecule has 9 nitrogen and oxygen atoms in total. The molecule has 0 rings (SSSR count). The number of nitrogens with one attached hydrogen (secondary N) is 2. The highest BCUT2D eigenvalue weighted by atomic mass is 16.5. The van der Waals surface area contributed by atoms with E-state index in [0.717, 1.165) is 122 Å². The van der Waals surface area contributed by atoms with Gasteiger partial charge in [-0.15, -0.1) is 0 Å². The summed E-state index contributed by atoms with van der Waals surface area (Å²) in [6, 6.07) is -1.39. The molecule has 0 spiro atoms. The van der Waals surface area contributed by atoms with E-state index in [4.69, 9.17) is 14.9 Å². The Morgan fingerprint density at radius 2 is 0.935 bits per heavy atom. The zero-order valence-electron chi connectivity index (χ0n) is 38.8. The summed E-state index contributed by atoms with van der Waals surface area (Å²) in [4.78, 5) is 47.7. The van der Waals surface area contributed by atoms with E-state index in [1.807, 2.05) is 0 Å². The maximum Gasteiger partial charge on any atom is 0.328 e. The molecule has 0 aliphatic heterocycles. The molecule has 9 heteroatoms. The lowest BCUT2D eigenvalue weighted by atomic mass is 10.0. The highest BCUT2D eigenvalue weighted by Gasteiger charge is 2.19. The second kappa shape index (κ2) is 46.3. The first kappa shape index (κ1) is 57.8. The standard InChI is InChI=1S/C53H86N2O7/c1-3-5-7-9-11-13-15-17-18-19-20-21-22-23-24-26-28-30-32-37-41-45-52(59)62-48(42-38-34-31-29-27-25-16-14-12-10-8-6-4-2)43-39-35-33-36-40-44-50(57)54-46-51(58)55-49(47-56)53(60)61/h5,7,11,13,16-18,20-21,23-25,28-31,48-49,56H,3-4,6,8-10,12,14-15,19,22,26-27,32-47H2,1-2H3,(H,54,57)(H,55,58)(H,60,61)/b7-5-,13-11-,18-17-,21-20-,24-23-,25-16-,30-28-,31-29-. The maximum atomic E-state index is 12.8. The van der Waals surface area contributed by atoms with E-state index in [0.29, 0.717) is 12.8 Å². The van der Waals surface area contributed by atoms with E-state index in [1.54, 1.807) is 0 Å². The molecule has 0 aromatic heterocycles. The molecule has 2 atom stereocenters. The van der Waals surface area contributed by atoms with Crippen molar-refractivity contribution in [3.8, 4) is 0 Å². The van der Waals surface area contributed by atoms with Crippen LogP contribution in [0.2, 0.25) is 0 Å². The highest BCUT2D eigenvalue weighted by Crippen LogP contribution is 2.17. The van der Waals surface area contributed by atoms with Gasteiger partial charge in [-0.1, -0.05) is 156 Å². The van der Waals surface area contributed by atoms with Gasteiger partial charge in [-0.25, -0.2) is 4.79 Å². The Kier molecular flexibility index (Phi) is 43.1. The van der Waals surface area contributed by atoms with Crippen molar-refractivity contribution < 1.29 is 34.1 Å². The van der Waals surface area contributed by atoms with E-state index < -0.39 is 24.5 Å². The number of ether oxygens (including phenoxy) is 1. The fourth-order valence-electron chi connectivity index (χ4n) is 6.40. The van der Waals surface area contributed by atoms with Crippen molar-refractivity contribution in [1.29, 1.82) is 0 Å². The van der Waals surface area contributed by atoms with Crippen molar-refractivity contribution in [3.05, 3.63) is 97.2 Å². The van der Waals surface area contributed by atoms with Gasteiger partial charge < -0.3 is 25.6 Å². The number of carbonyl (C=O) groups is 4. The average Bonchev–Trinajstić information content (AvgIpc) is 3.26. The lowest BCUT2D eigenvalue weighted by Gasteiger charge is -2.18. The molecule has 0 bridgehead atoms. The number of aliphatic hydroxyl groups excluding tert-OH is 1. The number of amides is 2. The summed E-state index contributed by atoms with van der Waals surface area (Å²) >= 11 is 0. The van der Waals surface area contributed by atoms with E-state index in [1.165, 1.54) is 32.1 Å². The minimum atomic E-state index is -1.39. The summed E-state index contributed by atoms with van der Waals surface area (Å²) in [6.45, 7) is 3.34. The van der Waals surface area contributed by atoms with Crippen LogP contribution >= 0.6 is 0 Å². The van der Waals surface area contributed by atoms with Gasteiger partial charge in [0.25, 0.3) is 0 Å². The van der Waals surface area contributed by atoms with E-state index in [-0.39, 0.29) is 30.9 Å². The first-order valence-corrected chi connectivity index (χ1v) is 24.1. The predicted molar refractivity (Wildman–Crippen MR) is 259 cm³/mol. The quantitative estimate of drug-likeness (QED) is 0.0272. The summed E-state index contributed by atoms with van der Waals surface area (Å²) in [5, 5.41) is 22.6. The second-order valence-corrected chi connectivity index (χ2v) is 15.8. The number of carbonyl (C=O) groups excluding carboxylic acids is 3. The van der Waals surface area contributed by atoms with Gasteiger partial charge in [-0.2, -0.15) is 0 Å². The Morgan fingerprint density at radius 1 is 0.500 bits per heavy atom. The van der Waals surface area contributed by atoms with Crippen LogP contribution in [0.4, 0.5) is 0 Å². The molecular weight excluding hydrogens is 777 g/mol. The van der Waals surface area contributed by atoms with Crippen molar-refractivity contribution in [2.24, 2.45) is 0 Å². The Hall–Kier alpha value is -4.24. The van der Waals surface area contributed by atoms with Crippen molar-refractivity contribution in [3.63, 3.8) is 0 Å². The topological polar surface area (TPSA) is 142 Å². The fourth-order valence-corrected chi connectivity index (χ4v) is 6.40. The van der Waals surface area contributed by atoms with Crippen LogP contribution in [0, 0.1) is 0 Å². The normalized spacial score (nSPS) is 13.3. The number of aliphatic hydroxyl groups is 1. The monoisotopic (exact) mass is 863 g/mol. The van der Waals surface area contributed by atoms with Gasteiger partial charge in [0.2, 0.25) is 11.8 Å². The van der Waals surface area contributed by atoms with Gasteiger partial charge in [0.15, 0.2) is 0 Å². The van der Waals surface area contributed by atoms with E-state index in [9.17, 15) is 19.2 Å². The molecule has 0 aliphatic carbocycles. The van der Waals surface area contributed by atoms with Crippen molar-refractivity contribution in [1.82, 2.24) is 10.6 Å². The number of rotatable bonds is 42. The summed E-state index contributed by atoms with van der Waals surface area (Å²) in [7, 11) is 0. The number of aliphatic carboxylic acids is 1. The zero-order valence-corrected chi connectivity index (χ0v) is 38.8. The zero-order chi connectivity index (χ0) is 45.4. The number of hydrogen-bond donors (Lipinski definition) is 4. The van der Waals surface area contributed by atoms with Crippen molar-refractivity contribution in [2.75, 3.05) is 13.2 Å². The molecule has 0 radical (unpaired) electrons. The van der Waals surface area contributed by atoms with E-state index >= 15 is 0 Å². The molecule has 350 valence electrons. The Morgan fingerprint density at radius 3 is 1.47 bits per heavy atom. The first-order valence-electron chi connectivity index (χ1n) is 24.1. The maximum absolute atomic E-state index is 12.8. The van der Waals surface area contributed by atoms with Gasteiger partial charge in [-0.3, -0.25) is 14.4 Å². The van der Waals surface area contributed by atoms with Crippen LogP contribution in [0.15, 0.2) is 97.2 Å². The van der Waals surface area contributed by atoms with E-state index in [2.05, 4.69) is 122 Å². The number of carboxylic acid groups (broad SMARTS) is 1. The molecule has 0 heterocycles. The van der Waals surface area contributed by atoms with Crippen LogP contribution in [-0.4, -0.2) is 59.3 Å². The molecule has 4 N–H and O–H groups in total. The highest BCUT2D eigenvalue weighted by molar-refractivity contribution is 5.87. The molecule has 0 aromatic carbocycles. The SMILES string of the molecule is CC/C=C\C/C=C\C/C=C\C/C=C\C/C=C\C/C=C\CCCCC(=O)OC(CCC/C=C\C/C=C\CCCCCCC)CCCCCCCC(=O)NCC(=O)NC(CO)C(=O)O. The number of carboxylic acids is 1. The Labute approximate surface area is 377 Å². The smallest absolute Gasteiger partial charge is 0.328 e. The average molecular weight is 863 g/mol. The summed E-state index contributed by atoms with van der Waals surface area (Å²) < 4.78 is 6.00. The number of allylic oxidation sites excluding steroid dienone is 16. The van der Waals surface area contributed by atoms with Gasteiger partial charge in [0.1, 0.15) is 12.1 Å². The van der Waals surface area contributed by atoms with Crippen molar-refractivity contribution >= 4 is 23.8 Å². The fraction of sp³-hybridized carbons (Fsp3) is 0.623. The lowest BCUT2D eigenvalue weighted by Crippen LogP contribution is -2.47. The van der Waals surface area contributed by atoms with Gasteiger partial charge in [-0.05, 0) is 116 Å². The van der Waals surface area contributed by atoms with Crippen LogP contribution in [0.3, 0.4) is 0 Å². The van der Waals surface area contributed by atoms with Crippen molar-refractivity contribution in [2.45, 2.75) is 199 Å². The molecule has 0 saturated carbocycles. The second-order valence-electron chi connectivity index (χ2n) is 15.8. The molecule has 62 heavy (non-hydrogen) atoms. The third-order valence-electron chi connectivity index (χ3n) is 10.1. The molecule has 0 fully saturated rings. The number of esters is 1. The summed E-state index contributed by atoms with van der Waals surface area (Å²) in [5.41, 5.74) is 0. The van der Waals surface area contributed by atoms with Crippen LogP contribution < -0.4 is 10.6 Å². The predicted octanol–water partition coefficient (Wildman–Crippen LogP) is 12.6. The van der Waals surface area contributed by atoms with Crippen LogP contribution in [0.5, 0.6) is 0 Å². The van der Waals surface area contributed by atoms with Crippen LogP contribution in [0.25, 0.3) is 0 Å². The summed E-state index contributed by atoms with van der Waals surface area (Å²) in [6.07, 6.45) is 61.5. The largest absolute Gasteiger partial charge is 0.480 e. The van der Waals surface area contributed by atoms with Gasteiger partial charge in [0.05, 0.1) is 13.2 Å². The molecule has 0 aliphatic rings.